The normalized spacial score (nSPS) is 23.7. The maximum atomic E-state index is 11.4. The Kier molecular flexibility index (Phi) is 4.95. The molecule has 1 rings (SSSR count). The number of carbonyl (C=O) groups is 1. The summed E-state index contributed by atoms with van der Waals surface area (Å²) in [5.41, 5.74) is -0.762. The molecule has 0 radical (unpaired) electrons. The van der Waals surface area contributed by atoms with Crippen molar-refractivity contribution >= 4 is 5.97 Å². The minimum Gasteiger partial charge on any atom is -0.480 e. The Bertz CT molecular complexity index is 266. The highest BCUT2D eigenvalue weighted by molar-refractivity contribution is 5.77. The van der Waals surface area contributed by atoms with Crippen molar-refractivity contribution in [2.45, 2.75) is 51.6 Å². The van der Waals surface area contributed by atoms with Crippen molar-refractivity contribution in [3.05, 3.63) is 0 Å². The number of carboxylic acids is 1. The van der Waals surface area contributed by atoms with E-state index < -0.39 is 11.5 Å². The average molecular weight is 242 g/mol. The van der Waals surface area contributed by atoms with E-state index in [2.05, 4.69) is 23.8 Å². The third-order valence-electron chi connectivity index (χ3n) is 3.94. The maximum absolute atomic E-state index is 11.4. The van der Waals surface area contributed by atoms with Gasteiger partial charge in [-0.1, -0.05) is 6.92 Å². The van der Waals surface area contributed by atoms with E-state index in [0.29, 0.717) is 6.04 Å². The zero-order valence-electron chi connectivity index (χ0n) is 11.6. The van der Waals surface area contributed by atoms with Crippen LogP contribution in [0.3, 0.4) is 0 Å². The van der Waals surface area contributed by atoms with E-state index in [0.717, 1.165) is 38.9 Å². The van der Waals surface area contributed by atoms with Crippen LogP contribution in [0.2, 0.25) is 0 Å². The lowest BCUT2D eigenvalue weighted by Crippen LogP contribution is -2.54. The molecular formula is C13H26N2O2. The van der Waals surface area contributed by atoms with Crippen LogP contribution < -0.4 is 0 Å². The van der Waals surface area contributed by atoms with Gasteiger partial charge in [-0.3, -0.25) is 9.69 Å². The van der Waals surface area contributed by atoms with Crippen molar-refractivity contribution in [1.29, 1.82) is 0 Å². The molecule has 0 aliphatic carbocycles. The fraction of sp³-hybridized carbons (Fsp3) is 0.923. The molecule has 0 saturated carbocycles. The van der Waals surface area contributed by atoms with E-state index in [4.69, 9.17) is 0 Å². The molecular weight excluding hydrogens is 216 g/mol. The molecule has 1 aliphatic heterocycles. The van der Waals surface area contributed by atoms with Crippen LogP contribution in [0.4, 0.5) is 0 Å². The van der Waals surface area contributed by atoms with Gasteiger partial charge in [-0.25, -0.2) is 0 Å². The zero-order chi connectivity index (χ0) is 13.1. The highest BCUT2D eigenvalue weighted by Gasteiger charge is 2.37. The molecule has 1 atom stereocenters. The molecule has 1 aliphatic rings. The number of aliphatic carboxylic acids is 1. The molecule has 1 saturated heterocycles. The van der Waals surface area contributed by atoms with E-state index in [1.807, 2.05) is 13.8 Å². The maximum Gasteiger partial charge on any atom is 0.323 e. The standard InChI is InChI=1S/C13H26N2O2/c1-5-15(13(2,3)12(16)17)11-7-6-9-14(4)10-8-11/h11H,5-10H2,1-4H3,(H,16,17). The largest absolute Gasteiger partial charge is 0.480 e. The van der Waals surface area contributed by atoms with E-state index in [-0.39, 0.29) is 0 Å². The quantitative estimate of drug-likeness (QED) is 0.814. The minimum atomic E-state index is -0.762. The van der Waals surface area contributed by atoms with Gasteiger partial charge >= 0.3 is 5.97 Å². The summed E-state index contributed by atoms with van der Waals surface area (Å²) < 4.78 is 0. The van der Waals surface area contributed by atoms with Crippen molar-refractivity contribution in [2.24, 2.45) is 0 Å². The molecule has 1 heterocycles. The highest BCUT2D eigenvalue weighted by atomic mass is 16.4. The van der Waals surface area contributed by atoms with Crippen LogP contribution in [0.15, 0.2) is 0 Å². The van der Waals surface area contributed by atoms with Gasteiger partial charge in [0.15, 0.2) is 0 Å². The number of rotatable bonds is 4. The first-order valence-corrected chi connectivity index (χ1v) is 6.58. The molecule has 4 heteroatoms. The van der Waals surface area contributed by atoms with Gasteiger partial charge in [0.2, 0.25) is 0 Å². The first-order chi connectivity index (χ1) is 7.89. The Hall–Kier alpha value is -0.610. The van der Waals surface area contributed by atoms with Gasteiger partial charge in [0, 0.05) is 6.04 Å². The fourth-order valence-electron chi connectivity index (χ4n) is 2.77. The Morgan fingerprint density at radius 2 is 2.06 bits per heavy atom. The van der Waals surface area contributed by atoms with Gasteiger partial charge in [-0.05, 0) is 59.8 Å². The summed E-state index contributed by atoms with van der Waals surface area (Å²) in [4.78, 5) is 15.8. The van der Waals surface area contributed by atoms with E-state index in [9.17, 15) is 9.90 Å². The monoisotopic (exact) mass is 242 g/mol. The summed E-state index contributed by atoms with van der Waals surface area (Å²) in [6.07, 6.45) is 3.34. The Morgan fingerprint density at radius 3 is 2.59 bits per heavy atom. The summed E-state index contributed by atoms with van der Waals surface area (Å²) in [7, 11) is 2.14. The van der Waals surface area contributed by atoms with Gasteiger partial charge in [0.25, 0.3) is 0 Å². The van der Waals surface area contributed by atoms with Gasteiger partial charge in [0.05, 0.1) is 0 Å². The summed E-state index contributed by atoms with van der Waals surface area (Å²) in [6, 6.07) is 0.399. The number of hydrogen-bond donors (Lipinski definition) is 1. The minimum absolute atomic E-state index is 0.399. The van der Waals surface area contributed by atoms with Crippen molar-refractivity contribution in [1.82, 2.24) is 9.80 Å². The molecule has 4 nitrogen and oxygen atoms in total. The fourth-order valence-corrected chi connectivity index (χ4v) is 2.77. The molecule has 0 amide bonds. The molecule has 1 N–H and O–H groups in total. The van der Waals surface area contributed by atoms with Crippen LogP contribution in [0.25, 0.3) is 0 Å². The lowest BCUT2D eigenvalue weighted by atomic mass is 9.97. The molecule has 0 aromatic heterocycles. The second kappa shape index (κ2) is 5.83. The first-order valence-electron chi connectivity index (χ1n) is 6.58. The lowest BCUT2D eigenvalue weighted by Gasteiger charge is -2.40. The Labute approximate surface area is 105 Å². The Balaban J connectivity index is 2.76. The van der Waals surface area contributed by atoms with E-state index in [1.54, 1.807) is 0 Å². The second-order valence-corrected chi connectivity index (χ2v) is 5.54. The molecule has 1 unspecified atom stereocenters. The molecule has 0 aromatic carbocycles. The number of carboxylic acid groups (broad SMARTS) is 1. The second-order valence-electron chi connectivity index (χ2n) is 5.54. The SMILES string of the molecule is CCN(C1CCCN(C)CC1)C(C)(C)C(=O)O. The van der Waals surface area contributed by atoms with Crippen LogP contribution in [-0.2, 0) is 4.79 Å². The third-order valence-corrected chi connectivity index (χ3v) is 3.94. The predicted octanol–water partition coefficient (Wildman–Crippen LogP) is 1.66. The average Bonchev–Trinajstić information content (AvgIpc) is 2.44. The Morgan fingerprint density at radius 1 is 1.41 bits per heavy atom. The molecule has 0 aromatic rings. The summed E-state index contributed by atoms with van der Waals surface area (Å²) >= 11 is 0. The molecule has 100 valence electrons. The smallest absolute Gasteiger partial charge is 0.323 e. The van der Waals surface area contributed by atoms with Crippen LogP contribution in [0, 0.1) is 0 Å². The number of nitrogens with zero attached hydrogens (tertiary/aromatic N) is 2. The van der Waals surface area contributed by atoms with Gasteiger partial charge in [-0.15, -0.1) is 0 Å². The summed E-state index contributed by atoms with van der Waals surface area (Å²) in [5.74, 6) is -0.725. The van der Waals surface area contributed by atoms with Crippen molar-refractivity contribution in [3.8, 4) is 0 Å². The number of likely N-dealkylation sites (tertiary alicyclic amines) is 1. The first kappa shape index (κ1) is 14.5. The molecule has 0 bridgehead atoms. The molecule has 0 spiro atoms. The van der Waals surface area contributed by atoms with Crippen molar-refractivity contribution in [2.75, 3.05) is 26.7 Å². The number of hydrogen-bond acceptors (Lipinski definition) is 3. The lowest BCUT2D eigenvalue weighted by molar-refractivity contribution is -0.151. The molecule has 1 fully saturated rings. The van der Waals surface area contributed by atoms with Crippen molar-refractivity contribution < 1.29 is 9.90 Å². The van der Waals surface area contributed by atoms with Crippen LogP contribution in [0.1, 0.15) is 40.0 Å². The van der Waals surface area contributed by atoms with Gasteiger partial charge in [0.1, 0.15) is 5.54 Å². The van der Waals surface area contributed by atoms with E-state index >= 15 is 0 Å². The topological polar surface area (TPSA) is 43.8 Å². The van der Waals surface area contributed by atoms with Crippen molar-refractivity contribution in [3.63, 3.8) is 0 Å². The highest BCUT2D eigenvalue weighted by Crippen LogP contribution is 2.24. The van der Waals surface area contributed by atoms with Crippen LogP contribution >= 0.6 is 0 Å². The van der Waals surface area contributed by atoms with Gasteiger partial charge < -0.3 is 10.0 Å². The predicted molar refractivity (Wildman–Crippen MR) is 69.2 cm³/mol. The third kappa shape index (κ3) is 3.42. The number of likely N-dealkylation sites (N-methyl/N-ethyl adjacent to an activating group) is 1. The van der Waals surface area contributed by atoms with E-state index in [1.165, 1.54) is 0 Å². The molecule has 17 heavy (non-hydrogen) atoms. The van der Waals surface area contributed by atoms with Gasteiger partial charge in [-0.2, -0.15) is 0 Å². The summed E-state index contributed by atoms with van der Waals surface area (Å²) in [5, 5.41) is 9.34. The van der Waals surface area contributed by atoms with Crippen LogP contribution in [-0.4, -0.2) is 59.1 Å². The zero-order valence-corrected chi connectivity index (χ0v) is 11.6. The van der Waals surface area contributed by atoms with Crippen LogP contribution in [0.5, 0.6) is 0 Å². The summed E-state index contributed by atoms with van der Waals surface area (Å²) in [6.45, 7) is 8.67.